The van der Waals surface area contributed by atoms with Gasteiger partial charge in [-0.3, -0.25) is 9.59 Å². The van der Waals surface area contributed by atoms with E-state index < -0.39 is 29.1 Å². The lowest BCUT2D eigenvalue weighted by Crippen LogP contribution is -2.56. The Balaban J connectivity index is 2.18. The van der Waals surface area contributed by atoms with Gasteiger partial charge in [0.05, 0.1) is 12.2 Å². The van der Waals surface area contributed by atoms with E-state index >= 15 is 0 Å². The maximum Gasteiger partial charge on any atom is 0.257 e. The zero-order valence-electron chi connectivity index (χ0n) is 14.9. The van der Waals surface area contributed by atoms with Crippen molar-refractivity contribution < 1.29 is 23.1 Å². The Hall–Kier alpha value is -2.02. The van der Waals surface area contributed by atoms with Crippen molar-refractivity contribution in [3.63, 3.8) is 0 Å². The maximum atomic E-state index is 13.8. The van der Waals surface area contributed by atoms with Crippen molar-refractivity contribution in [1.29, 1.82) is 0 Å². The predicted molar refractivity (Wildman–Crippen MR) is 89.0 cm³/mol. The molecule has 0 radical (unpaired) electrons. The SMILES string of the molecule is CC(C)[C@H](NC(=O)c1c(F)cccc1F)C(=O)N1C[C@H](C)O[C@@H](C)C1. The molecule has 5 nitrogen and oxygen atoms in total. The highest BCUT2D eigenvalue weighted by Crippen LogP contribution is 2.17. The van der Waals surface area contributed by atoms with Crippen LogP contribution in [0.3, 0.4) is 0 Å². The number of amides is 2. The number of benzene rings is 1. The Morgan fingerprint density at radius 1 is 1.16 bits per heavy atom. The molecule has 2 amide bonds. The molecular formula is C18H24F2N2O3. The van der Waals surface area contributed by atoms with E-state index in [4.69, 9.17) is 4.74 Å². The number of carbonyl (C=O) groups excluding carboxylic acids is 2. The Labute approximate surface area is 146 Å². The number of carbonyl (C=O) groups is 2. The summed E-state index contributed by atoms with van der Waals surface area (Å²) in [5, 5.41) is 2.49. The number of ether oxygens (including phenoxy) is 1. The Morgan fingerprint density at radius 3 is 2.16 bits per heavy atom. The predicted octanol–water partition coefficient (Wildman–Crippen LogP) is 2.36. The first-order valence-corrected chi connectivity index (χ1v) is 8.39. The second-order valence-corrected chi connectivity index (χ2v) is 6.79. The summed E-state index contributed by atoms with van der Waals surface area (Å²) in [6, 6.07) is 2.33. The highest BCUT2D eigenvalue weighted by atomic mass is 19.1. The van der Waals surface area contributed by atoms with Gasteiger partial charge in [-0.15, -0.1) is 0 Å². The molecule has 1 aromatic rings. The van der Waals surface area contributed by atoms with Gasteiger partial charge < -0.3 is 15.0 Å². The van der Waals surface area contributed by atoms with E-state index in [-0.39, 0.29) is 24.0 Å². The molecule has 138 valence electrons. The van der Waals surface area contributed by atoms with Crippen molar-refractivity contribution in [1.82, 2.24) is 10.2 Å². The fourth-order valence-corrected chi connectivity index (χ4v) is 3.00. The minimum Gasteiger partial charge on any atom is -0.372 e. The molecule has 3 atom stereocenters. The quantitative estimate of drug-likeness (QED) is 0.903. The first-order valence-electron chi connectivity index (χ1n) is 8.39. The van der Waals surface area contributed by atoms with Crippen LogP contribution < -0.4 is 5.32 Å². The van der Waals surface area contributed by atoms with Crippen molar-refractivity contribution in [2.75, 3.05) is 13.1 Å². The van der Waals surface area contributed by atoms with Crippen LogP contribution in [-0.2, 0) is 9.53 Å². The second-order valence-electron chi connectivity index (χ2n) is 6.79. The summed E-state index contributed by atoms with van der Waals surface area (Å²) in [6.45, 7) is 8.11. The highest BCUT2D eigenvalue weighted by molar-refractivity contribution is 5.98. The van der Waals surface area contributed by atoms with E-state index in [2.05, 4.69) is 5.32 Å². The molecule has 0 aromatic heterocycles. The number of hydrogen-bond donors (Lipinski definition) is 1. The van der Waals surface area contributed by atoms with Crippen molar-refractivity contribution in [3.8, 4) is 0 Å². The molecule has 1 aromatic carbocycles. The lowest BCUT2D eigenvalue weighted by Gasteiger charge is -2.38. The summed E-state index contributed by atoms with van der Waals surface area (Å²) in [5.41, 5.74) is -0.676. The molecule has 1 N–H and O–H groups in total. The molecule has 0 bridgehead atoms. The van der Waals surface area contributed by atoms with Crippen LogP contribution in [0.2, 0.25) is 0 Å². The molecule has 2 rings (SSSR count). The van der Waals surface area contributed by atoms with E-state index in [1.165, 1.54) is 6.07 Å². The maximum absolute atomic E-state index is 13.8. The molecule has 0 spiro atoms. The van der Waals surface area contributed by atoms with Crippen LogP contribution in [0, 0.1) is 17.6 Å². The average Bonchev–Trinajstić information content (AvgIpc) is 2.50. The van der Waals surface area contributed by atoms with Gasteiger partial charge in [-0.05, 0) is 31.9 Å². The normalized spacial score (nSPS) is 22.0. The third-order valence-electron chi connectivity index (χ3n) is 4.14. The average molecular weight is 354 g/mol. The molecule has 7 heteroatoms. The van der Waals surface area contributed by atoms with E-state index in [0.29, 0.717) is 13.1 Å². The summed E-state index contributed by atoms with van der Waals surface area (Å²) >= 11 is 0. The largest absolute Gasteiger partial charge is 0.372 e. The number of hydrogen-bond acceptors (Lipinski definition) is 3. The van der Waals surface area contributed by atoms with Gasteiger partial charge in [-0.1, -0.05) is 19.9 Å². The molecule has 1 saturated heterocycles. The van der Waals surface area contributed by atoms with Gasteiger partial charge in [0.25, 0.3) is 5.91 Å². The zero-order chi connectivity index (χ0) is 18.7. The van der Waals surface area contributed by atoms with Crippen LogP contribution in [0.1, 0.15) is 38.1 Å². The summed E-state index contributed by atoms with van der Waals surface area (Å²) in [6.07, 6.45) is -0.222. The van der Waals surface area contributed by atoms with Gasteiger partial charge in [-0.25, -0.2) is 8.78 Å². The standard InChI is InChI=1S/C18H24F2N2O3/c1-10(2)16(18(24)22-8-11(3)25-12(4)9-22)21-17(23)15-13(19)6-5-7-14(15)20/h5-7,10-12,16H,8-9H2,1-4H3,(H,21,23)/t11-,12-,16-/m0/s1. The minimum atomic E-state index is -0.957. The highest BCUT2D eigenvalue weighted by Gasteiger charge is 2.34. The van der Waals surface area contributed by atoms with E-state index in [1.807, 2.05) is 13.8 Å². The lowest BCUT2D eigenvalue weighted by molar-refractivity contribution is -0.146. The fraction of sp³-hybridized carbons (Fsp3) is 0.556. The molecular weight excluding hydrogens is 330 g/mol. The molecule has 1 heterocycles. The van der Waals surface area contributed by atoms with Crippen LogP contribution in [0.25, 0.3) is 0 Å². The Bertz CT molecular complexity index is 621. The van der Waals surface area contributed by atoms with E-state index in [9.17, 15) is 18.4 Å². The van der Waals surface area contributed by atoms with Crippen LogP contribution in [0.4, 0.5) is 8.78 Å². The molecule has 0 aliphatic carbocycles. The molecule has 0 saturated carbocycles. The Morgan fingerprint density at radius 2 is 1.68 bits per heavy atom. The first kappa shape index (κ1) is 19.3. The van der Waals surface area contributed by atoms with E-state index in [0.717, 1.165) is 12.1 Å². The number of nitrogens with one attached hydrogen (secondary N) is 1. The van der Waals surface area contributed by atoms with Crippen molar-refractivity contribution in [2.24, 2.45) is 5.92 Å². The van der Waals surface area contributed by atoms with Gasteiger partial charge in [0, 0.05) is 13.1 Å². The van der Waals surface area contributed by atoms with Crippen LogP contribution in [-0.4, -0.2) is 48.1 Å². The number of halogens is 2. The number of morpholine rings is 1. The summed E-state index contributed by atoms with van der Waals surface area (Å²) in [7, 11) is 0. The Kier molecular flexibility index (Phi) is 6.11. The molecule has 1 aliphatic rings. The molecule has 1 aliphatic heterocycles. The molecule has 0 unspecified atom stereocenters. The monoisotopic (exact) mass is 354 g/mol. The first-order chi connectivity index (χ1) is 11.7. The molecule has 25 heavy (non-hydrogen) atoms. The third kappa shape index (κ3) is 4.54. The third-order valence-corrected chi connectivity index (χ3v) is 4.14. The van der Waals surface area contributed by atoms with Gasteiger partial charge in [0.15, 0.2) is 0 Å². The van der Waals surface area contributed by atoms with Crippen LogP contribution >= 0.6 is 0 Å². The van der Waals surface area contributed by atoms with Gasteiger partial charge in [0.1, 0.15) is 23.2 Å². The van der Waals surface area contributed by atoms with Gasteiger partial charge in [-0.2, -0.15) is 0 Å². The summed E-state index contributed by atoms with van der Waals surface area (Å²) < 4.78 is 33.2. The second kappa shape index (κ2) is 7.91. The van der Waals surface area contributed by atoms with Gasteiger partial charge in [0.2, 0.25) is 5.91 Å². The van der Waals surface area contributed by atoms with Crippen molar-refractivity contribution in [2.45, 2.75) is 45.9 Å². The van der Waals surface area contributed by atoms with Crippen LogP contribution in [0.15, 0.2) is 18.2 Å². The minimum absolute atomic E-state index is 0.111. The molecule has 1 fully saturated rings. The van der Waals surface area contributed by atoms with Crippen molar-refractivity contribution in [3.05, 3.63) is 35.4 Å². The van der Waals surface area contributed by atoms with E-state index in [1.54, 1.807) is 18.7 Å². The lowest BCUT2D eigenvalue weighted by atomic mass is 10.0. The number of rotatable bonds is 4. The number of nitrogens with zero attached hydrogens (tertiary/aromatic N) is 1. The van der Waals surface area contributed by atoms with Crippen LogP contribution in [0.5, 0.6) is 0 Å². The fourth-order valence-electron chi connectivity index (χ4n) is 3.00. The smallest absolute Gasteiger partial charge is 0.257 e. The van der Waals surface area contributed by atoms with Gasteiger partial charge >= 0.3 is 0 Å². The summed E-state index contributed by atoms with van der Waals surface area (Å²) in [5.74, 6) is -3.36. The summed E-state index contributed by atoms with van der Waals surface area (Å²) in [4.78, 5) is 26.8. The zero-order valence-corrected chi connectivity index (χ0v) is 14.9. The van der Waals surface area contributed by atoms with Crippen molar-refractivity contribution >= 4 is 11.8 Å². The topological polar surface area (TPSA) is 58.6 Å².